The maximum absolute atomic E-state index is 11.0. The standard InChI is InChI=1S/C20H19N3O2.ClH/c21-20(24)11-13-6-8-14(9-7-13)22-17-12-18(19-5-2-10-25-19)23-16-4-1-3-15(16)17;/h2,5-10,12H,1,3-4,11H2,(H2,21,24)(H,22,23);1H. The lowest BCUT2D eigenvalue weighted by molar-refractivity contribution is -0.117. The molecule has 134 valence electrons. The van der Waals surface area contributed by atoms with Gasteiger partial charge in [-0.05, 0) is 60.7 Å². The molecule has 5 nitrogen and oxygen atoms in total. The Balaban J connectivity index is 0.00000196. The predicted molar refractivity (Wildman–Crippen MR) is 104 cm³/mol. The number of nitrogens with one attached hydrogen (secondary N) is 1. The lowest BCUT2D eigenvalue weighted by atomic mass is 10.1. The SMILES string of the molecule is Cl.NC(=O)Cc1ccc(Nc2cc(-c3ccco3)nc3c2CCC3)cc1. The van der Waals surface area contributed by atoms with E-state index < -0.39 is 0 Å². The molecule has 1 aliphatic carbocycles. The van der Waals surface area contributed by atoms with Gasteiger partial charge >= 0.3 is 0 Å². The first kappa shape index (κ1) is 18.0. The molecular weight excluding hydrogens is 350 g/mol. The third-order valence-electron chi connectivity index (χ3n) is 4.44. The van der Waals surface area contributed by atoms with Crippen LogP contribution < -0.4 is 11.1 Å². The Labute approximate surface area is 158 Å². The number of halogens is 1. The monoisotopic (exact) mass is 369 g/mol. The second-order valence-electron chi connectivity index (χ2n) is 6.28. The van der Waals surface area contributed by atoms with E-state index in [4.69, 9.17) is 15.1 Å². The number of hydrogen-bond donors (Lipinski definition) is 2. The summed E-state index contributed by atoms with van der Waals surface area (Å²) in [6.45, 7) is 0. The maximum Gasteiger partial charge on any atom is 0.221 e. The third-order valence-corrected chi connectivity index (χ3v) is 4.44. The summed E-state index contributed by atoms with van der Waals surface area (Å²) < 4.78 is 5.50. The highest BCUT2D eigenvalue weighted by molar-refractivity contribution is 5.85. The topological polar surface area (TPSA) is 81.2 Å². The van der Waals surface area contributed by atoms with Gasteiger partial charge in [-0.15, -0.1) is 12.4 Å². The normalized spacial score (nSPS) is 12.3. The summed E-state index contributed by atoms with van der Waals surface area (Å²) in [5.41, 5.74) is 11.4. The van der Waals surface area contributed by atoms with Crippen molar-refractivity contribution in [2.75, 3.05) is 5.32 Å². The average Bonchev–Trinajstić information content (AvgIpc) is 3.27. The number of carbonyl (C=O) groups excluding carboxylic acids is 1. The van der Waals surface area contributed by atoms with Crippen LogP contribution in [0.25, 0.3) is 11.5 Å². The number of fused-ring (bicyclic) bond motifs is 1. The number of furan rings is 1. The van der Waals surface area contributed by atoms with Crippen molar-refractivity contribution in [3.8, 4) is 11.5 Å². The molecule has 1 aliphatic rings. The summed E-state index contributed by atoms with van der Waals surface area (Å²) in [5.74, 6) is 0.449. The van der Waals surface area contributed by atoms with Crippen molar-refractivity contribution in [3.05, 3.63) is 65.5 Å². The number of aryl methyl sites for hydroxylation is 1. The molecule has 0 saturated heterocycles. The molecular formula is C20H20ClN3O2. The van der Waals surface area contributed by atoms with Crippen LogP contribution >= 0.6 is 12.4 Å². The summed E-state index contributed by atoms with van der Waals surface area (Å²) in [7, 11) is 0. The van der Waals surface area contributed by atoms with E-state index in [1.807, 2.05) is 42.5 Å². The molecule has 0 radical (unpaired) electrons. The van der Waals surface area contributed by atoms with E-state index >= 15 is 0 Å². The minimum atomic E-state index is -0.323. The summed E-state index contributed by atoms with van der Waals surface area (Å²) in [5, 5.41) is 3.49. The first-order valence-corrected chi connectivity index (χ1v) is 8.40. The number of nitrogens with zero attached hydrogens (tertiary/aromatic N) is 1. The van der Waals surface area contributed by atoms with Gasteiger partial charge in [0.2, 0.25) is 5.91 Å². The van der Waals surface area contributed by atoms with Gasteiger partial charge in [0, 0.05) is 17.1 Å². The highest BCUT2D eigenvalue weighted by Gasteiger charge is 2.19. The van der Waals surface area contributed by atoms with Crippen LogP contribution in [-0.4, -0.2) is 10.9 Å². The molecule has 3 aromatic rings. The fraction of sp³-hybridized carbons (Fsp3) is 0.200. The zero-order valence-electron chi connectivity index (χ0n) is 14.2. The van der Waals surface area contributed by atoms with Crippen molar-refractivity contribution in [1.82, 2.24) is 4.98 Å². The Hall–Kier alpha value is -2.79. The van der Waals surface area contributed by atoms with Gasteiger partial charge in [-0.1, -0.05) is 12.1 Å². The molecule has 1 amide bonds. The molecule has 6 heteroatoms. The van der Waals surface area contributed by atoms with E-state index in [2.05, 4.69) is 5.32 Å². The van der Waals surface area contributed by atoms with Gasteiger partial charge in [0.1, 0.15) is 5.69 Å². The number of nitrogens with two attached hydrogens (primary N) is 1. The van der Waals surface area contributed by atoms with Gasteiger partial charge in [0.05, 0.1) is 12.7 Å². The highest BCUT2D eigenvalue weighted by Crippen LogP contribution is 2.33. The Morgan fingerprint density at radius 3 is 2.69 bits per heavy atom. The van der Waals surface area contributed by atoms with E-state index in [9.17, 15) is 4.79 Å². The Morgan fingerprint density at radius 2 is 2.00 bits per heavy atom. The van der Waals surface area contributed by atoms with E-state index in [0.717, 1.165) is 53.3 Å². The summed E-state index contributed by atoms with van der Waals surface area (Å²) >= 11 is 0. The summed E-state index contributed by atoms with van der Waals surface area (Å²) in [6, 6.07) is 13.6. The number of hydrogen-bond acceptors (Lipinski definition) is 4. The molecule has 0 unspecified atom stereocenters. The van der Waals surface area contributed by atoms with Crippen LogP contribution in [0.3, 0.4) is 0 Å². The number of primary amides is 1. The maximum atomic E-state index is 11.0. The quantitative estimate of drug-likeness (QED) is 0.711. The molecule has 2 aromatic heterocycles. The minimum Gasteiger partial charge on any atom is -0.463 e. The summed E-state index contributed by atoms with van der Waals surface area (Å²) in [6.07, 6.45) is 5.07. The van der Waals surface area contributed by atoms with Crippen molar-refractivity contribution in [2.45, 2.75) is 25.7 Å². The van der Waals surface area contributed by atoms with Crippen molar-refractivity contribution in [1.29, 1.82) is 0 Å². The fourth-order valence-corrected chi connectivity index (χ4v) is 3.27. The molecule has 3 N–H and O–H groups in total. The molecule has 0 bridgehead atoms. The molecule has 0 atom stereocenters. The molecule has 2 heterocycles. The number of aromatic nitrogens is 1. The van der Waals surface area contributed by atoms with Crippen LogP contribution in [0.2, 0.25) is 0 Å². The number of benzene rings is 1. The lowest BCUT2D eigenvalue weighted by Gasteiger charge is -2.13. The Bertz CT molecular complexity index is 906. The van der Waals surface area contributed by atoms with E-state index in [1.165, 1.54) is 5.56 Å². The van der Waals surface area contributed by atoms with Crippen molar-refractivity contribution in [3.63, 3.8) is 0 Å². The zero-order chi connectivity index (χ0) is 17.2. The second-order valence-corrected chi connectivity index (χ2v) is 6.28. The minimum absolute atomic E-state index is 0. The van der Waals surface area contributed by atoms with E-state index in [1.54, 1.807) is 6.26 Å². The number of rotatable bonds is 5. The van der Waals surface area contributed by atoms with Gasteiger partial charge in [-0.3, -0.25) is 4.79 Å². The van der Waals surface area contributed by atoms with E-state index in [-0.39, 0.29) is 24.7 Å². The van der Waals surface area contributed by atoms with Crippen LogP contribution in [0.15, 0.2) is 53.1 Å². The van der Waals surface area contributed by atoms with Crippen molar-refractivity contribution in [2.24, 2.45) is 5.73 Å². The third kappa shape index (κ3) is 3.73. The molecule has 1 aromatic carbocycles. The van der Waals surface area contributed by atoms with Crippen LogP contribution in [0.1, 0.15) is 23.2 Å². The highest BCUT2D eigenvalue weighted by atomic mass is 35.5. The average molecular weight is 370 g/mol. The second kappa shape index (κ2) is 7.62. The van der Waals surface area contributed by atoms with Crippen molar-refractivity contribution >= 4 is 29.7 Å². The summed E-state index contributed by atoms with van der Waals surface area (Å²) in [4.78, 5) is 15.8. The fourth-order valence-electron chi connectivity index (χ4n) is 3.27. The van der Waals surface area contributed by atoms with Crippen molar-refractivity contribution < 1.29 is 9.21 Å². The molecule has 0 aliphatic heterocycles. The van der Waals surface area contributed by atoms with Gasteiger partial charge in [0.25, 0.3) is 0 Å². The first-order valence-electron chi connectivity index (χ1n) is 8.40. The molecule has 0 saturated carbocycles. The number of amides is 1. The van der Waals surface area contributed by atoms with Gasteiger partial charge in [-0.25, -0.2) is 4.98 Å². The van der Waals surface area contributed by atoms with Gasteiger partial charge in [-0.2, -0.15) is 0 Å². The first-order chi connectivity index (χ1) is 12.2. The van der Waals surface area contributed by atoms with Gasteiger partial charge < -0.3 is 15.5 Å². The molecule has 4 rings (SSSR count). The van der Waals surface area contributed by atoms with Crippen LogP contribution in [0.4, 0.5) is 11.4 Å². The lowest BCUT2D eigenvalue weighted by Crippen LogP contribution is -2.13. The molecule has 0 fully saturated rings. The number of carbonyl (C=O) groups is 1. The van der Waals surface area contributed by atoms with E-state index in [0.29, 0.717) is 0 Å². The largest absolute Gasteiger partial charge is 0.463 e. The molecule has 0 spiro atoms. The van der Waals surface area contributed by atoms with Crippen LogP contribution in [0, 0.1) is 0 Å². The Morgan fingerprint density at radius 1 is 1.19 bits per heavy atom. The van der Waals surface area contributed by atoms with Crippen LogP contribution in [-0.2, 0) is 24.1 Å². The number of pyridine rings is 1. The molecule has 26 heavy (non-hydrogen) atoms. The van der Waals surface area contributed by atoms with Crippen LogP contribution in [0.5, 0.6) is 0 Å². The zero-order valence-corrected chi connectivity index (χ0v) is 15.0. The smallest absolute Gasteiger partial charge is 0.221 e. The van der Waals surface area contributed by atoms with Gasteiger partial charge in [0.15, 0.2) is 5.76 Å². The Kier molecular flexibility index (Phi) is 5.28. The number of anilines is 2. The predicted octanol–water partition coefficient (Wildman–Crippen LogP) is 4.02.